The van der Waals surface area contributed by atoms with Crippen LogP contribution in [0.4, 0.5) is 0 Å². The summed E-state index contributed by atoms with van der Waals surface area (Å²) in [5, 5.41) is 5.88. The smallest absolute Gasteiger partial charge is 0.0637 e. The Balaban J connectivity index is 1.84. The van der Waals surface area contributed by atoms with Crippen molar-refractivity contribution in [3.63, 3.8) is 0 Å². The lowest BCUT2D eigenvalue weighted by Gasteiger charge is -2.16. The van der Waals surface area contributed by atoms with E-state index in [0.29, 0.717) is 10.0 Å². The Hall–Kier alpha value is -2.94. The Bertz CT molecular complexity index is 1440. The van der Waals surface area contributed by atoms with E-state index >= 15 is 0 Å². The van der Waals surface area contributed by atoms with E-state index in [1.807, 2.05) is 42.7 Å². The summed E-state index contributed by atoms with van der Waals surface area (Å²) in [4.78, 5) is 3.42. The fourth-order valence-electron chi connectivity index (χ4n) is 4.38. The van der Waals surface area contributed by atoms with E-state index in [1.165, 1.54) is 16.3 Å². The maximum absolute atomic E-state index is 6.76. The van der Waals surface area contributed by atoms with E-state index in [0.717, 1.165) is 33.4 Å². The molecule has 0 amide bonds. The molecule has 2 nitrogen and oxygen atoms in total. The van der Waals surface area contributed by atoms with Crippen LogP contribution in [0.25, 0.3) is 49.7 Å². The van der Waals surface area contributed by atoms with Gasteiger partial charge < -0.3 is 9.55 Å². The zero-order chi connectivity index (χ0) is 18.8. The molecule has 0 spiro atoms. The lowest BCUT2D eigenvalue weighted by atomic mass is 10.1. The second kappa shape index (κ2) is 5.78. The topological polar surface area (TPSA) is 20.7 Å². The molecular weight excluding hydrogens is 387 g/mol. The first kappa shape index (κ1) is 16.1. The molecule has 2 aromatic rings. The van der Waals surface area contributed by atoms with Gasteiger partial charge in [-0.25, -0.2) is 0 Å². The summed E-state index contributed by atoms with van der Waals surface area (Å²) in [6.07, 6.45) is 4.01. The molecular formula is C24H14Cl2N2. The van der Waals surface area contributed by atoms with Crippen LogP contribution in [-0.2, 0) is 0 Å². The third-order valence-electron chi connectivity index (χ3n) is 5.53. The highest BCUT2D eigenvalue weighted by Crippen LogP contribution is 2.49. The Morgan fingerprint density at radius 2 is 1.43 bits per heavy atom. The van der Waals surface area contributed by atoms with Gasteiger partial charge in [0.1, 0.15) is 0 Å². The number of rotatable bonds is 1. The van der Waals surface area contributed by atoms with E-state index in [2.05, 4.69) is 45.9 Å². The number of benzene rings is 2. The summed E-state index contributed by atoms with van der Waals surface area (Å²) in [6.45, 7) is 0. The van der Waals surface area contributed by atoms with E-state index < -0.39 is 0 Å². The van der Waals surface area contributed by atoms with Gasteiger partial charge in [-0.2, -0.15) is 0 Å². The van der Waals surface area contributed by atoms with Crippen molar-refractivity contribution < 1.29 is 0 Å². The number of nitrogens with one attached hydrogen (secondary N) is 1. The van der Waals surface area contributed by atoms with Gasteiger partial charge in [0, 0.05) is 45.1 Å². The summed E-state index contributed by atoms with van der Waals surface area (Å²) in [7, 11) is 0. The molecule has 0 atom stereocenters. The summed E-state index contributed by atoms with van der Waals surface area (Å²) in [5.41, 5.74) is 5.36. The van der Waals surface area contributed by atoms with Crippen LogP contribution in [0.1, 0.15) is 0 Å². The molecule has 2 aromatic carbocycles. The number of aromatic nitrogens is 2. The standard InChI is InChI=1S/C24H14Cl2N2/c25-19-11-13-28(24-16-8-3-1-6-14(16)21(26)20(19)24)23-17-9-4-2-7-15(17)22-18(23)10-5-12-27-22/h1-13,27H. The Morgan fingerprint density at radius 3 is 2.25 bits per heavy atom. The van der Waals surface area contributed by atoms with Gasteiger partial charge in [0.25, 0.3) is 0 Å². The monoisotopic (exact) mass is 400 g/mol. The van der Waals surface area contributed by atoms with Crippen molar-refractivity contribution in [2.75, 3.05) is 0 Å². The number of hydrogen-bond acceptors (Lipinski definition) is 0. The molecule has 0 unspecified atom stereocenters. The predicted octanol–water partition coefficient (Wildman–Crippen LogP) is 7.63. The van der Waals surface area contributed by atoms with Gasteiger partial charge in [0.2, 0.25) is 0 Å². The highest BCUT2D eigenvalue weighted by molar-refractivity contribution is 6.44. The average molecular weight is 401 g/mol. The first-order valence-electron chi connectivity index (χ1n) is 9.10. The quantitative estimate of drug-likeness (QED) is 0.292. The molecule has 4 heteroatoms. The van der Waals surface area contributed by atoms with Gasteiger partial charge in [-0.15, -0.1) is 0 Å². The Morgan fingerprint density at radius 1 is 0.714 bits per heavy atom. The number of fused-ring (bicyclic) bond motifs is 6. The minimum atomic E-state index is 0.666. The van der Waals surface area contributed by atoms with Crippen LogP contribution in [0.3, 0.4) is 0 Å². The second-order valence-electron chi connectivity index (χ2n) is 6.97. The molecule has 0 aromatic heterocycles. The number of aromatic amines is 1. The van der Waals surface area contributed by atoms with E-state index in [-0.39, 0.29) is 0 Å². The number of hydrogen-bond donors (Lipinski definition) is 1. The number of pyridine rings is 2. The summed E-state index contributed by atoms with van der Waals surface area (Å²) >= 11 is 13.4. The highest BCUT2D eigenvalue weighted by Gasteiger charge is 2.26. The zero-order valence-electron chi connectivity index (χ0n) is 14.7. The zero-order valence-corrected chi connectivity index (χ0v) is 16.2. The van der Waals surface area contributed by atoms with Crippen LogP contribution < -0.4 is 0 Å². The molecule has 4 aliphatic rings. The molecule has 2 aliphatic heterocycles. The summed E-state index contributed by atoms with van der Waals surface area (Å²) < 4.78 is 2.23. The average Bonchev–Trinajstić information content (AvgIpc) is 3.23. The van der Waals surface area contributed by atoms with Crippen molar-refractivity contribution in [1.82, 2.24) is 9.55 Å². The number of H-pyrrole nitrogens is 1. The largest absolute Gasteiger partial charge is 0.361 e. The van der Waals surface area contributed by atoms with Gasteiger partial charge in [0.15, 0.2) is 0 Å². The fraction of sp³-hybridized carbons (Fsp3) is 0. The van der Waals surface area contributed by atoms with Gasteiger partial charge in [-0.1, -0.05) is 71.7 Å². The van der Waals surface area contributed by atoms with Crippen molar-refractivity contribution in [3.05, 3.63) is 89.2 Å². The lowest BCUT2D eigenvalue weighted by Crippen LogP contribution is -2.00. The van der Waals surface area contributed by atoms with Gasteiger partial charge in [-0.05, 0) is 18.2 Å². The Labute approximate surface area is 171 Å². The van der Waals surface area contributed by atoms with Crippen molar-refractivity contribution in [2.24, 2.45) is 0 Å². The second-order valence-corrected chi connectivity index (χ2v) is 7.76. The molecule has 0 saturated heterocycles. The molecule has 6 rings (SSSR count). The SMILES string of the molecule is Clc1ccn(-c2c3ccc[nH]c-3c3ccccc23)c2c3ccccc3c(Cl)c1-2. The molecule has 28 heavy (non-hydrogen) atoms. The summed E-state index contributed by atoms with van der Waals surface area (Å²) in [6, 6.07) is 22.8. The maximum atomic E-state index is 6.76. The fourth-order valence-corrected chi connectivity index (χ4v) is 5.02. The van der Waals surface area contributed by atoms with E-state index in [9.17, 15) is 0 Å². The molecule has 2 aliphatic carbocycles. The van der Waals surface area contributed by atoms with Gasteiger partial charge in [0.05, 0.1) is 27.1 Å². The van der Waals surface area contributed by atoms with Gasteiger partial charge in [-0.3, -0.25) is 0 Å². The predicted molar refractivity (Wildman–Crippen MR) is 118 cm³/mol. The molecule has 0 bridgehead atoms. The van der Waals surface area contributed by atoms with Crippen molar-refractivity contribution >= 4 is 44.7 Å². The maximum Gasteiger partial charge on any atom is 0.0637 e. The van der Waals surface area contributed by atoms with Crippen LogP contribution >= 0.6 is 23.2 Å². The molecule has 1 N–H and O–H groups in total. The Kier molecular flexibility index (Phi) is 3.31. The van der Waals surface area contributed by atoms with E-state index in [1.54, 1.807) is 0 Å². The van der Waals surface area contributed by atoms with Crippen LogP contribution in [0.2, 0.25) is 10.0 Å². The number of nitrogens with zero attached hydrogens (tertiary/aromatic N) is 1. The van der Waals surface area contributed by atoms with Crippen molar-refractivity contribution in [1.29, 1.82) is 0 Å². The normalized spacial score (nSPS) is 11.9. The van der Waals surface area contributed by atoms with E-state index in [4.69, 9.17) is 23.2 Å². The van der Waals surface area contributed by atoms with Crippen LogP contribution in [0.5, 0.6) is 0 Å². The molecule has 134 valence electrons. The van der Waals surface area contributed by atoms with Crippen LogP contribution in [-0.4, -0.2) is 9.55 Å². The van der Waals surface area contributed by atoms with Gasteiger partial charge >= 0.3 is 0 Å². The number of halogens is 2. The van der Waals surface area contributed by atoms with Crippen molar-refractivity contribution in [2.45, 2.75) is 0 Å². The molecule has 0 radical (unpaired) electrons. The lowest BCUT2D eigenvalue weighted by molar-refractivity contribution is 1.08. The first-order chi connectivity index (χ1) is 13.8. The molecule has 0 fully saturated rings. The van der Waals surface area contributed by atoms with Crippen molar-refractivity contribution in [3.8, 4) is 28.2 Å². The minimum Gasteiger partial charge on any atom is -0.361 e. The van der Waals surface area contributed by atoms with Crippen LogP contribution in [0, 0.1) is 0 Å². The highest BCUT2D eigenvalue weighted by atomic mass is 35.5. The minimum absolute atomic E-state index is 0.666. The third-order valence-corrected chi connectivity index (χ3v) is 6.24. The first-order valence-corrected chi connectivity index (χ1v) is 9.86. The van der Waals surface area contributed by atoms with Crippen LogP contribution in [0.15, 0.2) is 79.1 Å². The molecule has 0 saturated carbocycles. The summed E-state index contributed by atoms with van der Waals surface area (Å²) in [5.74, 6) is 0. The third kappa shape index (κ3) is 1.99. The molecule has 2 heterocycles.